The molecule has 0 unspecified atom stereocenters. The Morgan fingerprint density at radius 3 is 2.22 bits per heavy atom. The van der Waals surface area contributed by atoms with E-state index in [1.165, 1.54) is 20.0 Å². The van der Waals surface area contributed by atoms with Crippen LogP contribution in [-0.2, 0) is 32.0 Å². The summed E-state index contributed by atoms with van der Waals surface area (Å²) >= 11 is 0. The Morgan fingerprint density at radius 2 is 1.59 bits per heavy atom. The molecule has 0 saturated heterocycles. The van der Waals surface area contributed by atoms with Crippen molar-refractivity contribution in [3.8, 4) is 28.7 Å². The highest BCUT2D eigenvalue weighted by molar-refractivity contribution is 6.00. The number of amides is 5. The Kier molecular flexibility index (Phi) is 19.3. The summed E-state index contributed by atoms with van der Waals surface area (Å²) in [4.78, 5) is 71.0. The highest BCUT2D eigenvalue weighted by atomic mass is 19.1. The summed E-state index contributed by atoms with van der Waals surface area (Å²) in [5, 5.41) is 19.7. The summed E-state index contributed by atoms with van der Waals surface area (Å²) < 4.78 is 27.8. The quantitative estimate of drug-likeness (QED) is 0.0642. The molecule has 1 aliphatic heterocycles. The maximum Gasteiger partial charge on any atom is 0.255 e. The van der Waals surface area contributed by atoms with E-state index in [1.807, 2.05) is 6.07 Å². The first-order chi connectivity index (χ1) is 30.3. The number of aryl methyl sites for hydroxylation is 2. The molecule has 0 aliphatic carbocycles. The summed E-state index contributed by atoms with van der Waals surface area (Å²) in [5.74, 6) is -3.64. The number of hydrogen-bond donors (Lipinski definition) is 7. The highest BCUT2D eigenvalue weighted by Crippen LogP contribution is 2.40. The molecule has 4 bridgehead atoms. The lowest BCUT2D eigenvalue weighted by Crippen LogP contribution is -2.56. The average Bonchev–Trinajstić information content (AvgIpc) is 3.25. The van der Waals surface area contributed by atoms with Gasteiger partial charge in [0.2, 0.25) is 23.6 Å². The summed E-state index contributed by atoms with van der Waals surface area (Å²) in [6, 6.07) is 9.91. The van der Waals surface area contributed by atoms with Crippen molar-refractivity contribution in [3.63, 3.8) is 0 Å². The third-order valence-corrected chi connectivity index (χ3v) is 10.8. The molecule has 0 radical (unpaired) electrons. The third kappa shape index (κ3) is 13.5. The fourth-order valence-corrected chi connectivity index (χ4v) is 7.54. The number of likely N-dealkylation sites (N-methyl/N-ethyl adjacent to an activating group) is 1. The fourth-order valence-electron chi connectivity index (χ4n) is 7.54. The lowest BCUT2D eigenvalue weighted by molar-refractivity contribution is -0.141. The molecule has 10 N–H and O–H groups in total. The van der Waals surface area contributed by atoms with Gasteiger partial charge in [0.05, 0.1) is 11.6 Å². The van der Waals surface area contributed by atoms with Gasteiger partial charge >= 0.3 is 0 Å². The number of nitrogens with one attached hydrogen (secondary N) is 4. The lowest BCUT2D eigenvalue weighted by Gasteiger charge is -2.32. The van der Waals surface area contributed by atoms with E-state index < -0.39 is 59.5 Å². The predicted octanol–water partition coefficient (Wildman–Crippen LogP) is 2.82. The minimum Gasteiger partial charge on any atom is -0.492 e. The van der Waals surface area contributed by atoms with Crippen molar-refractivity contribution in [2.75, 3.05) is 46.4 Å². The zero-order valence-electron chi connectivity index (χ0n) is 36.7. The van der Waals surface area contributed by atoms with Crippen molar-refractivity contribution in [3.05, 3.63) is 82.2 Å². The van der Waals surface area contributed by atoms with E-state index in [9.17, 15) is 24.0 Å². The predicted molar refractivity (Wildman–Crippen MR) is 237 cm³/mol. The minimum atomic E-state index is -1.43. The maximum atomic E-state index is 15.7. The first-order valence-electron chi connectivity index (χ1n) is 21.5. The zero-order valence-corrected chi connectivity index (χ0v) is 36.7. The Bertz CT molecular complexity index is 2100. The molecule has 63 heavy (non-hydrogen) atoms. The van der Waals surface area contributed by atoms with Crippen LogP contribution >= 0.6 is 0 Å². The summed E-state index contributed by atoms with van der Waals surface area (Å²) in [7, 11) is 1.38. The van der Waals surface area contributed by atoms with Crippen LogP contribution in [-0.4, -0.2) is 99.0 Å². The number of carbonyl (C=O) groups is 5. The number of nitrogens with zero attached hydrogens (tertiary/aromatic N) is 2. The van der Waals surface area contributed by atoms with Gasteiger partial charge < -0.3 is 52.8 Å². The van der Waals surface area contributed by atoms with Gasteiger partial charge in [-0.3, -0.25) is 24.0 Å². The van der Waals surface area contributed by atoms with Gasteiger partial charge in [-0.15, -0.1) is 0 Å². The largest absolute Gasteiger partial charge is 0.492 e. The van der Waals surface area contributed by atoms with Crippen molar-refractivity contribution >= 4 is 29.5 Å². The number of carbonyl (C=O) groups excluding carboxylic acids is 5. The number of nitriles is 1. The van der Waals surface area contributed by atoms with Crippen LogP contribution in [0.4, 0.5) is 4.39 Å². The monoisotopic (exact) mass is 871 g/mol. The molecule has 3 aromatic carbocycles. The van der Waals surface area contributed by atoms with E-state index in [1.54, 1.807) is 49.4 Å². The maximum absolute atomic E-state index is 15.7. The number of halogens is 1. The van der Waals surface area contributed by atoms with Crippen molar-refractivity contribution < 1.29 is 37.8 Å². The number of nitrogens with two attached hydrogens (primary N) is 3. The van der Waals surface area contributed by atoms with Crippen LogP contribution < -0.4 is 47.9 Å². The van der Waals surface area contributed by atoms with E-state index >= 15 is 4.39 Å². The van der Waals surface area contributed by atoms with Gasteiger partial charge in [-0.1, -0.05) is 50.8 Å². The zero-order chi connectivity index (χ0) is 46.1. The lowest BCUT2D eigenvalue weighted by atomic mass is 9.93. The second-order valence-electron chi connectivity index (χ2n) is 15.6. The number of fused-ring (bicyclic) bond motifs is 5. The molecule has 5 amide bonds. The summed E-state index contributed by atoms with van der Waals surface area (Å²) in [5.41, 5.74) is 20.4. The van der Waals surface area contributed by atoms with Gasteiger partial charge in [0.15, 0.2) is 0 Å². The van der Waals surface area contributed by atoms with Gasteiger partial charge in [-0.05, 0) is 92.2 Å². The number of rotatable bonds is 20. The second-order valence-corrected chi connectivity index (χ2v) is 15.6. The smallest absolute Gasteiger partial charge is 0.255 e. The molecule has 0 saturated carbocycles. The van der Waals surface area contributed by atoms with Crippen LogP contribution in [0, 0.1) is 24.1 Å². The van der Waals surface area contributed by atoms with Gasteiger partial charge in [-0.25, -0.2) is 4.39 Å². The van der Waals surface area contributed by atoms with Crippen LogP contribution in [0.15, 0.2) is 48.5 Å². The summed E-state index contributed by atoms with van der Waals surface area (Å²) in [6.07, 6.45) is 5.86. The minimum absolute atomic E-state index is 0.00662. The fraction of sp³-hybridized carbons (Fsp3) is 0.478. The Hall–Kier alpha value is -6.09. The Morgan fingerprint density at radius 1 is 0.921 bits per heavy atom. The van der Waals surface area contributed by atoms with E-state index in [0.717, 1.165) is 42.6 Å². The standard InChI is InChI=1S/C46H62FN9O7/c1-5-6-7-8-9-10-30-23-28(2)40(35(47)25-30)44(59)54-36(15-16-48)46(61)56(4)41-32-12-14-39(63-22-19-51)34(27-32)33-24-31(11-13-38(33)62-21-18-50)26-37(43(58)52-20-17-49)55-42(57)29(3)53-45(41)60/h11-14,23-25,27,29,36-37,41H,5-10,15-16,18-22,26,48,50-51H2,1-4H3,(H,52,58)(H,53,60)(H,54,59)(H,55,57)/t29-,36-,37-,41-/m0/s1. The topological polar surface area (TPSA) is 257 Å². The van der Waals surface area contributed by atoms with Gasteiger partial charge in [0, 0.05) is 37.7 Å². The molecule has 340 valence electrons. The van der Waals surface area contributed by atoms with Crippen molar-refractivity contribution in [2.24, 2.45) is 17.2 Å². The molecule has 0 fully saturated rings. The van der Waals surface area contributed by atoms with Crippen LogP contribution in [0.25, 0.3) is 11.1 Å². The van der Waals surface area contributed by atoms with Gasteiger partial charge in [0.1, 0.15) is 61.2 Å². The number of ether oxygens (including phenoxy) is 2. The third-order valence-electron chi connectivity index (χ3n) is 10.8. The van der Waals surface area contributed by atoms with Crippen molar-refractivity contribution in [1.82, 2.24) is 26.2 Å². The number of benzene rings is 3. The Balaban J connectivity index is 1.80. The van der Waals surface area contributed by atoms with Gasteiger partial charge in [-0.2, -0.15) is 5.26 Å². The highest BCUT2D eigenvalue weighted by Gasteiger charge is 2.36. The molecule has 1 heterocycles. The molecule has 1 aliphatic rings. The average molecular weight is 872 g/mol. The molecule has 4 atom stereocenters. The van der Waals surface area contributed by atoms with E-state index in [2.05, 4.69) is 28.2 Å². The van der Waals surface area contributed by atoms with Gasteiger partial charge in [0.25, 0.3) is 5.91 Å². The molecule has 3 aromatic rings. The molecule has 16 nitrogen and oxygen atoms in total. The number of unbranched alkanes of at least 4 members (excludes halogenated alkanes) is 4. The van der Waals surface area contributed by atoms with E-state index in [0.29, 0.717) is 40.2 Å². The normalized spacial score (nSPS) is 16.7. The molecule has 0 spiro atoms. The molecule has 17 heteroatoms. The Labute approximate surface area is 368 Å². The van der Waals surface area contributed by atoms with Crippen LogP contribution in [0.3, 0.4) is 0 Å². The summed E-state index contributed by atoms with van der Waals surface area (Å²) in [6.45, 7) is 5.48. The van der Waals surface area contributed by atoms with Crippen LogP contribution in [0.5, 0.6) is 11.5 Å². The molecular formula is C46H62FN9O7. The van der Waals surface area contributed by atoms with Crippen molar-refractivity contribution in [2.45, 2.75) is 96.3 Å². The van der Waals surface area contributed by atoms with E-state index in [4.69, 9.17) is 31.9 Å². The first-order valence-corrected chi connectivity index (χ1v) is 21.5. The van der Waals surface area contributed by atoms with E-state index in [-0.39, 0.29) is 63.4 Å². The first kappa shape index (κ1) is 49.6. The second kappa shape index (κ2) is 24.5. The van der Waals surface area contributed by atoms with Crippen molar-refractivity contribution in [1.29, 1.82) is 5.26 Å². The SMILES string of the molecule is CCCCCCCc1cc(C)c(C(=O)N[C@@H](CCN)C(=O)N(C)[C@@H]2C(=O)N[C@@H](C)C(=O)N[C@H](C(=O)NCC#N)Cc3ccc(OCCN)c(c3)-c3cc2ccc3OCCN)c(F)c1. The molecule has 4 rings (SSSR count). The van der Waals surface area contributed by atoms with Crippen LogP contribution in [0.1, 0.15) is 91.0 Å². The molecular weight excluding hydrogens is 810 g/mol. The molecule has 0 aromatic heterocycles. The van der Waals surface area contributed by atoms with Crippen LogP contribution in [0.2, 0.25) is 0 Å². The number of hydrogen-bond acceptors (Lipinski definition) is 11.